The lowest BCUT2D eigenvalue weighted by molar-refractivity contribution is -0.138. The zero-order valence-corrected chi connectivity index (χ0v) is 9.55. The Bertz CT molecular complexity index is 388. The van der Waals surface area contributed by atoms with Crippen molar-refractivity contribution >= 4 is 5.78 Å². The number of nitrogens with zero attached hydrogens (tertiary/aromatic N) is 1. The molecule has 1 heterocycles. The summed E-state index contributed by atoms with van der Waals surface area (Å²) in [6, 6.07) is 0.944. The number of aromatic nitrogens is 1. The summed E-state index contributed by atoms with van der Waals surface area (Å²) in [6.45, 7) is 1.86. The third kappa shape index (κ3) is 4.17. The molecule has 0 bridgehead atoms. The van der Waals surface area contributed by atoms with Crippen LogP contribution in [0.15, 0.2) is 18.5 Å². The van der Waals surface area contributed by atoms with Crippen LogP contribution in [0.4, 0.5) is 13.2 Å². The smallest absolute Gasteiger partial charge is 0.300 e. The normalized spacial score (nSPS) is 11.5. The van der Waals surface area contributed by atoms with Gasteiger partial charge in [0.15, 0.2) is 0 Å². The average molecular weight is 245 g/mol. The highest BCUT2D eigenvalue weighted by Crippen LogP contribution is 2.31. The number of pyridine rings is 1. The van der Waals surface area contributed by atoms with E-state index >= 15 is 0 Å². The number of rotatable bonds is 5. The molecular formula is C12H14F3NO. The second kappa shape index (κ2) is 5.80. The van der Waals surface area contributed by atoms with Crippen LogP contribution in [0.5, 0.6) is 0 Å². The van der Waals surface area contributed by atoms with E-state index in [-0.39, 0.29) is 24.2 Å². The van der Waals surface area contributed by atoms with Crippen LogP contribution in [-0.4, -0.2) is 10.8 Å². The van der Waals surface area contributed by atoms with Gasteiger partial charge in [-0.05, 0) is 24.5 Å². The van der Waals surface area contributed by atoms with Gasteiger partial charge >= 0.3 is 6.18 Å². The molecule has 0 aliphatic carbocycles. The molecule has 1 rings (SSSR count). The molecule has 0 aliphatic heterocycles. The van der Waals surface area contributed by atoms with Gasteiger partial charge in [-0.2, -0.15) is 13.2 Å². The van der Waals surface area contributed by atoms with Crippen LogP contribution in [-0.2, 0) is 17.4 Å². The predicted molar refractivity (Wildman–Crippen MR) is 57.5 cm³/mol. The summed E-state index contributed by atoms with van der Waals surface area (Å²) in [6.07, 6.45) is -0.710. The zero-order valence-electron chi connectivity index (χ0n) is 9.55. The number of hydrogen-bond acceptors (Lipinski definition) is 2. The minimum atomic E-state index is -4.38. The van der Waals surface area contributed by atoms with Gasteiger partial charge in [-0.15, -0.1) is 0 Å². The van der Waals surface area contributed by atoms with Gasteiger partial charge < -0.3 is 0 Å². The standard InChI is InChI=1S/C12H14F3NO/c1-2-3-10(17)5-4-9-8-16-7-6-11(9)12(13,14)15/h6-8H,2-5H2,1H3. The fourth-order valence-electron chi connectivity index (χ4n) is 1.58. The van der Waals surface area contributed by atoms with Gasteiger partial charge in [0.1, 0.15) is 5.78 Å². The Morgan fingerprint density at radius 3 is 2.65 bits per heavy atom. The first-order valence-corrected chi connectivity index (χ1v) is 5.47. The maximum Gasteiger partial charge on any atom is 0.416 e. The molecule has 0 radical (unpaired) electrons. The van der Waals surface area contributed by atoms with Crippen molar-refractivity contribution in [1.82, 2.24) is 4.98 Å². The third-order valence-electron chi connectivity index (χ3n) is 2.41. The van der Waals surface area contributed by atoms with Crippen molar-refractivity contribution in [2.75, 3.05) is 0 Å². The third-order valence-corrected chi connectivity index (χ3v) is 2.41. The fourth-order valence-corrected chi connectivity index (χ4v) is 1.58. The van der Waals surface area contributed by atoms with Crippen molar-refractivity contribution in [2.24, 2.45) is 0 Å². The Balaban J connectivity index is 2.74. The quantitative estimate of drug-likeness (QED) is 0.795. The Labute approximate surface area is 97.9 Å². The summed E-state index contributed by atoms with van der Waals surface area (Å²) in [5.74, 6) is -0.00974. The molecule has 17 heavy (non-hydrogen) atoms. The SMILES string of the molecule is CCCC(=O)CCc1cnccc1C(F)(F)F. The Kier molecular flexibility index (Phi) is 4.66. The number of Topliss-reactive ketones (excluding diaryl/α,β-unsaturated/α-hetero) is 1. The molecule has 0 spiro atoms. The summed E-state index contributed by atoms with van der Waals surface area (Å²) in [7, 11) is 0. The molecule has 0 saturated carbocycles. The monoisotopic (exact) mass is 245 g/mol. The topological polar surface area (TPSA) is 30.0 Å². The maximum absolute atomic E-state index is 12.6. The van der Waals surface area contributed by atoms with E-state index < -0.39 is 11.7 Å². The van der Waals surface area contributed by atoms with E-state index in [0.717, 1.165) is 18.7 Å². The molecule has 0 atom stereocenters. The fraction of sp³-hybridized carbons (Fsp3) is 0.500. The van der Waals surface area contributed by atoms with Gasteiger partial charge in [0.05, 0.1) is 5.56 Å². The van der Waals surface area contributed by atoms with Crippen LogP contribution in [0.2, 0.25) is 0 Å². The molecule has 0 unspecified atom stereocenters. The van der Waals surface area contributed by atoms with Crippen LogP contribution in [0.3, 0.4) is 0 Å². The average Bonchev–Trinajstić information content (AvgIpc) is 2.26. The van der Waals surface area contributed by atoms with Crippen LogP contribution in [0.1, 0.15) is 37.3 Å². The van der Waals surface area contributed by atoms with Gasteiger partial charge in [0, 0.05) is 25.2 Å². The minimum absolute atomic E-state index is 0.00974. The predicted octanol–water partition coefficient (Wildman–Crippen LogP) is 3.40. The van der Waals surface area contributed by atoms with E-state index in [1.807, 2.05) is 6.92 Å². The largest absolute Gasteiger partial charge is 0.416 e. The van der Waals surface area contributed by atoms with Crippen LogP contribution in [0.25, 0.3) is 0 Å². The first-order valence-electron chi connectivity index (χ1n) is 5.47. The molecule has 1 aromatic heterocycles. The number of ketones is 1. The molecule has 0 N–H and O–H groups in total. The molecule has 94 valence electrons. The molecule has 0 aromatic carbocycles. The van der Waals surface area contributed by atoms with E-state index in [1.165, 1.54) is 6.20 Å². The molecular weight excluding hydrogens is 231 g/mol. The highest BCUT2D eigenvalue weighted by molar-refractivity contribution is 5.78. The van der Waals surface area contributed by atoms with E-state index in [4.69, 9.17) is 0 Å². The molecule has 0 aliphatic rings. The maximum atomic E-state index is 12.6. The highest BCUT2D eigenvalue weighted by Gasteiger charge is 2.33. The van der Waals surface area contributed by atoms with Crippen molar-refractivity contribution < 1.29 is 18.0 Å². The molecule has 0 saturated heterocycles. The number of aryl methyl sites for hydroxylation is 1. The van der Waals surface area contributed by atoms with Crippen molar-refractivity contribution in [3.8, 4) is 0 Å². The minimum Gasteiger partial charge on any atom is -0.300 e. The Morgan fingerprint density at radius 2 is 2.06 bits per heavy atom. The summed E-state index contributed by atoms with van der Waals surface area (Å²) >= 11 is 0. The van der Waals surface area contributed by atoms with E-state index in [1.54, 1.807) is 0 Å². The number of halogens is 3. The van der Waals surface area contributed by atoms with Crippen LogP contribution >= 0.6 is 0 Å². The molecule has 0 amide bonds. The Hall–Kier alpha value is -1.39. The second-order valence-electron chi connectivity index (χ2n) is 3.82. The summed E-state index contributed by atoms with van der Waals surface area (Å²) < 4.78 is 37.8. The highest BCUT2D eigenvalue weighted by atomic mass is 19.4. The van der Waals surface area contributed by atoms with Crippen molar-refractivity contribution in [3.63, 3.8) is 0 Å². The number of carbonyl (C=O) groups excluding carboxylic acids is 1. The van der Waals surface area contributed by atoms with Crippen LogP contribution in [0, 0.1) is 0 Å². The lowest BCUT2D eigenvalue weighted by Crippen LogP contribution is -2.10. The van der Waals surface area contributed by atoms with E-state index in [0.29, 0.717) is 6.42 Å². The molecule has 2 nitrogen and oxygen atoms in total. The van der Waals surface area contributed by atoms with E-state index in [9.17, 15) is 18.0 Å². The molecule has 0 fully saturated rings. The van der Waals surface area contributed by atoms with Crippen molar-refractivity contribution in [2.45, 2.75) is 38.8 Å². The number of alkyl halides is 3. The van der Waals surface area contributed by atoms with Gasteiger partial charge in [-0.3, -0.25) is 9.78 Å². The van der Waals surface area contributed by atoms with Gasteiger partial charge in [-0.25, -0.2) is 0 Å². The lowest BCUT2D eigenvalue weighted by atomic mass is 10.0. The Morgan fingerprint density at radius 1 is 1.35 bits per heavy atom. The van der Waals surface area contributed by atoms with Gasteiger partial charge in [-0.1, -0.05) is 6.92 Å². The van der Waals surface area contributed by atoms with Gasteiger partial charge in [0.2, 0.25) is 0 Å². The number of hydrogen-bond donors (Lipinski definition) is 0. The summed E-state index contributed by atoms with van der Waals surface area (Å²) in [5.41, 5.74) is -0.610. The van der Waals surface area contributed by atoms with Crippen molar-refractivity contribution in [1.29, 1.82) is 0 Å². The first kappa shape index (κ1) is 13.7. The van der Waals surface area contributed by atoms with Gasteiger partial charge in [0.25, 0.3) is 0 Å². The van der Waals surface area contributed by atoms with E-state index in [2.05, 4.69) is 4.98 Å². The van der Waals surface area contributed by atoms with Crippen LogP contribution < -0.4 is 0 Å². The second-order valence-corrected chi connectivity index (χ2v) is 3.82. The summed E-state index contributed by atoms with van der Waals surface area (Å²) in [5, 5.41) is 0. The lowest BCUT2D eigenvalue weighted by Gasteiger charge is -2.11. The number of carbonyl (C=O) groups is 1. The zero-order chi connectivity index (χ0) is 12.9. The summed E-state index contributed by atoms with van der Waals surface area (Å²) in [4.78, 5) is 14.9. The first-order chi connectivity index (χ1) is 7.95. The van der Waals surface area contributed by atoms with Crippen molar-refractivity contribution in [3.05, 3.63) is 29.6 Å². The molecule has 1 aromatic rings. The molecule has 5 heteroatoms.